The van der Waals surface area contributed by atoms with E-state index in [0.29, 0.717) is 6.04 Å². The first-order chi connectivity index (χ1) is 8.74. The van der Waals surface area contributed by atoms with Gasteiger partial charge in [0.05, 0.1) is 6.54 Å². The van der Waals surface area contributed by atoms with Gasteiger partial charge < -0.3 is 9.88 Å². The molecule has 1 atom stereocenters. The van der Waals surface area contributed by atoms with Gasteiger partial charge in [-0.15, -0.1) is 11.3 Å². The summed E-state index contributed by atoms with van der Waals surface area (Å²) in [5.41, 5.74) is 1.38. The van der Waals surface area contributed by atoms with Crippen molar-refractivity contribution < 1.29 is 0 Å². The summed E-state index contributed by atoms with van der Waals surface area (Å²) < 4.78 is 3.47. The van der Waals surface area contributed by atoms with E-state index in [1.54, 1.807) is 11.3 Å². The zero-order valence-corrected chi connectivity index (χ0v) is 13.2. The molecule has 0 saturated heterocycles. The summed E-state index contributed by atoms with van der Waals surface area (Å²) in [7, 11) is 0. The summed E-state index contributed by atoms with van der Waals surface area (Å²) in [5.74, 6) is 0. The van der Waals surface area contributed by atoms with Gasteiger partial charge in [-0.1, -0.05) is 13.8 Å². The van der Waals surface area contributed by atoms with E-state index >= 15 is 0 Å². The van der Waals surface area contributed by atoms with Gasteiger partial charge in [0, 0.05) is 27.8 Å². The molecule has 2 aromatic heterocycles. The fraction of sp³-hybridized carbons (Fsp3) is 0.429. The number of halogens is 1. The van der Waals surface area contributed by atoms with Crippen LogP contribution >= 0.6 is 27.3 Å². The minimum Gasteiger partial charge on any atom is -0.349 e. The molecule has 2 heterocycles. The topological polar surface area (TPSA) is 17.0 Å². The largest absolute Gasteiger partial charge is 0.349 e. The van der Waals surface area contributed by atoms with Crippen LogP contribution in [0.2, 0.25) is 0 Å². The molecular weight excluding hydrogens is 308 g/mol. The Morgan fingerprint density at radius 3 is 2.83 bits per heavy atom. The average Bonchev–Trinajstić information content (AvgIpc) is 2.97. The lowest BCUT2D eigenvalue weighted by atomic mass is 10.1. The fourth-order valence-corrected chi connectivity index (χ4v) is 3.60. The lowest BCUT2D eigenvalue weighted by molar-refractivity contribution is 0.536. The number of thiophene rings is 1. The molecule has 0 bridgehead atoms. The highest BCUT2D eigenvalue weighted by molar-refractivity contribution is 9.10. The smallest absolute Gasteiger partial charge is 0.0574 e. The molecule has 1 unspecified atom stereocenters. The van der Waals surface area contributed by atoms with E-state index in [-0.39, 0.29) is 0 Å². The van der Waals surface area contributed by atoms with Crippen LogP contribution in [0.15, 0.2) is 34.4 Å². The molecule has 0 aliphatic carbocycles. The Kier molecular flexibility index (Phi) is 5.03. The number of hydrogen-bond donors (Lipinski definition) is 1. The molecule has 4 heteroatoms. The average molecular weight is 327 g/mol. The van der Waals surface area contributed by atoms with Crippen LogP contribution in [-0.4, -0.2) is 11.1 Å². The molecule has 0 radical (unpaired) electrons. The van der Waals surface area contributed by atoms with Crippen molar-refractivity contribution in [2.45, 2.75) is 32.9 Å². The molecule has 0 spiro atoms. The normalized spacial score (nSPS) is 12.8. The van der Waals surface area contributed by atoms with Crippen molar-refractivity contribution in [2.24, 2.45) is 0 Å². The van der Waals surface area contributed by atoms with Crippen LogP contribution in [-0.2, 0) is 6.54 Å². The molecule has 18 heavy (non-hydrogen) atoms. The summed E-state index contributed by atoms with van der Waals surface area (Å²) in [6, 6.07) is 4.80. The van der Waals surface area contributed by atoms with Gasteiger partial charge in [0.25, 0.3) is 0 Å². The Morgan fingerprint density at radius 2 is 2.22 bits per heavy atom. The lowest BCUT2D eigenvalue weighted by Gasteiger charge is -2.13. The molecule has 2 rings (SSSR count). The molecule has 0 fully saturated rings. The Morgan fingerprint density at radius 1 is 1.39 bits per heavy atom. The number of aromatic nitrogens is 1. The third kappa shape index (κ3) is 3.25. The van der Waals surface area contributed by atoms with Crippen molar-refractivity contribution in [2.75, 3.05) is 6.54 Å². The molecular formula is C14H19BrN2S. The van der Waals surface area contributed by atoms with Crippen molar-refractivity contribution in [1.82, 2.24) is 9.88 Å². The second-order valence-electron chi connectivity index (χ2n) is 4.33. The maximum atomic E-state index is 3.58. The molecule has 2 aromatic rings. The van der Waals surface area contributed by atoms with Gasteiger partial charge in [-0.2, -0.15) is 0 Å². The Hall–Kier alpha value is -0.580. The maximum absolute atomic E-state index is 3.58. The van der Waals surface area contributed by atoms with Crippen molar-refractivity contribution in [3.63, 3.8) is 0 Å². The van der Waals surface area contributed by atoms with E-state index in [2.05, 4.69) is 69.6 Å². The summed E-state index contributed by atoms with van der Waals surface area (Å²) in [6.45, 7) is 6.34. The zero-order chi connectivity index (χ0) is 13.0. The Labute approximate surface area is 121 Å². The van der Waals surface area contributed by atoms with Gasteiger partial charge in [-0.3, -0.25) is 0 Å². The molecule has 0 saturated carbocycles. The third-order valence-corrected chi connectivity index (χ3v) is 4.96. The first kappa shape index (κ1) is 13.8. The standard InChI is InChI=1S/C14H19BrN2S/c1-3-13(16-4-2)11-5-7-17(9-11)10-14-12(15)6-8-18-14/h5-9,13,16H,3-4,10H2,1-2H3. The lowest BCUT2D eigenvalue weighted by Crippen LogP contribution is -2.19. The van der Waals surface area contributed by atoms with Crippen LogP contribution in [0.5, 0.6) is 0 Å². The highest BCUT2D eigenvalue weighted by Crippen LogP contribution is 2.24. The first-order valence-electron chi connectivity index (χ1n) is 6.35. The van der Waals surface area contributed by atoms with E-state index in [1.807, 2.05) is 0 Å². The molecule has 2 nitrogen and oxygen atoms in total. The van der Waals surface area contributed by atoms with Gasteiger partial charge in [-0.25, -0.2) is 0 Å². The fourth-order valence-electron chi connectivity index (χ4n) is 2.11. The quantitative estimate of drug-likeness (QED) is 0.831. The Bertz CT molecular complexity index is 489. The maximum Gasteiger partial charge on any atom is 0.0574 e. The number of nitrogens with zero attached hydrogens (tertiary/aromatic N) is 1. The van der Waals surface area contributed by atoms with E-state index in [1.165, 1.54) is 14.9 Å². The van der Waals surface area contributed by atoms with Crippen LogP contribution in [0.4, 0.5) is 0 Å². The van der Waals surface area contributed by atoms with Crippen LogP contribution < -0.4 is 5.32 Å². The predicted octanol–water partition coefficient (Wildman–Crippen LogP) is 4.42. The highest BCUT2D eigenvalue weighted by atomic mass is 79.9. The monoisotopic (exact) mass is 326 g/mol. The van der Waals surface area contributed by atoms with E-state index in [9.17, 15) is 0 Å². The number of nitrogens with one attached hydrogen (secondary N) is 1. The van der Waals surface area contributed by atoms with Crippen LogP contribution in [0, 0.1) is 0 Å². The van der Waals surface area contributed by atoms with Crippen molar-refractivity contribution in [3.05, 3.63) is 44.8 Å². The van der Waals surface area contributed by atoms with Crippen LogP contribution in [0.25, 0.3) is 0 Å². The summed E-state index contributed by atoms with van der Waals surface area (Å²) in [6.07, 6.45) is 5.55. The van der Waals surface area contributed by atoms with E-state index in [4.69, 9.17) is 0 Å². The highest BCUT2D eigenvalue weighted by Gasteiger charge is 2.09. The number of rotatable bonds is 6. The van der Waals surface area contributed by atoms with E-state index < -0.39 is 0 Å². The molecule has 1 N–H and O–H groups in total. The van der Waals surface area contributed by atoms with Gasteiger partial charge in [0.15, 0.2) is 0 Å². The minimum absolute atomic E-state index is 0.475. The van der Waals surface area contributed by atoms with Gasteiger partial charge in [0.2, 0.25) is 0 Å². The van der Waals surface area contributed by atoms with Crippen molar-refractivity contribution >= 4 is 27.3 Å². The minimum atomic E-state index is 0.475. The number of hydrogen-bond acceptors (Lipinski definition) is 2. The van der Waals surface area contributed by atoms with Crippen molar-refractivity contribution in [1.29, 1.82) is 0 Å². The summed E-state index contributed by atoms with van der Waals surface area (Å²) in [5, 5.41) is 5.63. The summed E-state index contributed by atoms with van der Waals surface area (Å²) in [4.78, 5) is 1.37. The SMILES string of the molecule is CCNC(CC)c1ccn(Cc2sccc2Br)c1. The van der Waals surface area contributed by atoms with Crippen molar-refractivity contribution in [3.8, 4) is 0 Å². The van der Waals surface area contributed by atoms with Crippen LogP contribution in [0.1, 0.15) is 36.8 Å². The Balaban J connectivity index is 2.08. The van der Waals surface area contributed by atoms with E-state index in [0.717, 1.165) is 19.5 Å². The van der Waals surface area contributed by atoms with Gasteiger partial charge in [-0.05, 0) is 52.0 Å². The van der Waals surface area contributed by atoms with Crippen LogP contribution in [0.3, 0.4) is 0 Å². The molecule has 0 aromatic carbocycles. The molecule has 0 aliphatic rings. The first-order valence-corrected chi connectivity index (χ1v) is 8.02. The zero-order valence-electron chi connectivity index (χ0n) is 10.8. The molecule has 0 aliphatic heterocycles. The second kappa shape index (κ2) is 6.55. The molecule has 0 amide bonds. The van der Waals surface area contributed by atoms with Gasteiger partial charge in [0.1, 0.15) is 0 Å². The third-order valence-electron chi connectivity index (χ3n) is 3.05. The molecule has 98 valence electrons. The second-order valence-corrected chi connectivity index (χ2v) is 6.18. The summed E-state index contributed by atoms with van der Waals surface area (Å²) >= 11 is 5.38. The predicted molar refractivity (Wildman–Crippen MR) is 82.3 cm³/mol. The van der Waals surface area contributed by atoms with Gasteiger partial charge >= 0.3 is 0 Å².